The summed E-state index contributed by atoms with van der Waals surface area (Å²) in [7, 11) is 1.73. The van der Waals surface area contributed by atoms with Crippen molar-refractivity contribution in [3.05, 3.63) is 34.2 Å². The number of aryl methyl sites for hydroxylation is 2. The minimum absolute atomic E-state index is 0.233. The van der Waals surface area contributed by atoms with Crippen molar-refractivity contribution < 1.29 is 19.4 Å². The number of piperidine rings is 1. The van der Waals surface area contributed by atoms with Crippen LogP contribution in [0.15, 0.2) is 23.0 Å². The number of aliphatic hydroxyl groups is 1. The number of aliphatic hydroxyl groups excluding tert-OH is 1. The highest BCUT2D eigenvalue weighted by atomic mass is 16.5. The molecule has 8 heteroatoms. The summed E-state index contributed by atoms with van der Waals surface area (Å²) in [5.74, 6) is -0.284. The van der Waals surface area contributed by atoms with Crippen LogP contribution in [0, 0.1) is 5.92 Å². The summed E-state index contributed by atoms with van der Waals surface area (Å²) in [5.41, 5.74) is 2.37. The lowest BCUT2D eigenvalue weighted by atomic mass is 9.88. The maximum absolute atomic E-state index is 13.0. The summed E-state index contributed by atoms with van der Waals surface area (Å²) < 4.78 is 9.17. The second kappa shape index (κ2) is 9.36. The molecule has 1 aliphatic heterocycles. The van der Waals surface area contributed by atoms with E-state index in [0.29, 0.717) is 18.9 Å². The van der Waals surface area contributed by atoms with Crippen LogP contribution in [0.4, 0.5) is 0 Å². The number of ether oxygens (including phenoxy) is 1. The van der Waals surface area contributed by atoms with Crippen molar-refractivity contribution in [2.75, 3.05) is 13.2 Å². The number of carbonyl (C=O) groups is 2. The van der Waals surface area contributed by atoms with Gasteiger partial charge in [-0.25, -0.2) is 4.79 Å². The minimum atomic E-state index is -0.665. The summed E-state index contributed by atoms with van der Waals surface area (Å²) in [5, 5.41) is 11.6. The SMILES string of the molecule is Cn1c(=O)n(C2CCC(=O)NC2=O)c2cccc(CCCO[C@H]3CC[C@H](CO)CC3)c21. The van der Waals surface area contributed by atoms with Gasteiger partial charge in [0.25, 0.3) is 0 Å². The summed E-state index contributed by atoms with van der Waals surface area (Å²) in [6, 6.07) is 5.13. The Bertz CT molecular complexity index is 1020. The van der Waals surface area contributed by atoms with Crippen LogP contribution in [0.5, 0.6) is 0 Å². The number of rotatable bonds is 7. The normalized spacial score (nSPS) is 24.5. The number of aromatic nitrogens is 2. The van der Waals surface area contributed by atoms with Crippen molar-refractivity contribution in [1.29, 1.82) is 0 Å². The van der Waals surface area contributed by atoms with Gasteiger partial charge >= 0.3 is 5.69 Å². The van der Waals surface area contributed by atoms with Crippen molar-refractivity contribution in [2.45, 2.75) is 63.5 Å². The first-order valence-electron chi connectivity index (χ1n) is 11.2. The predicted molar refractivity (Wildman–Crippen MR) is 116 cm³/mol. The number of imidazole rings is 1. The van der Waals surface area contributed by atoms with E-state index in [9.17, 15) is 19.5 Å². The molecule has 0 spiro atoms. The number of hydrogen-bond donors (Lipinski definition) is 2. The van der Waals surface area contributed by atoms with Gasteiger partial charge in [0, 0.05) is 26.7 Å². The van der Waals surface area contributed by atoms with Gasteiger partial charge in [-0.05, 0) is 62.5 Å². The molecule has 1 atom stereocenters. The molecule has 1 saturated carbocycles. The lowest BCUT2D eigenvalue weighted by molar-refractivity contribution is -0.135. The zero-order chi connectivity index (χ0) is 22.0. The number of benzene rings is 1. The van der Waals surface area contributed by atoms with Gasteiger partial charge in [-0.15, -0.1) is 0 Å². The Morgan fingerprint density at radius 2 is 1.90 bits per heavy atom. The molecule has 8 nitrogen and oxygen atoms in total. The molecule has 0 radical (unpaired) electrons. The van der Waals surface area contributed by atoms with Crippen LogP contribution in [0.25, 0.3) is 11.0 Å². The molecular weight excluding hydrogens is 398 g/mol. The predicted octanol–water partition coefficient (Wildman–Crippen LogP) is 1.82. The second-order valence-corrected chi connectivity index (χ2v) is 8.76. The zero-order valence-electron chi connectivity index (χ0n) is 18.0. The molecule has 1 aliphatic carbocycles. The highest BCUT2D eigenvalue weighted by molar-refractivity contribution is 6.00. The van der Waals surface area contributed by atoms with Gasteiger partial charge in [0.15, 0.2) is 0 Å². The van der Waals surface area contributed by atoms with Crippen molar-refractivity contribution in [2.24, 2.45) is 13.0 Å². The average Bonchev–Trinajstić information content (AvgIpc) is 3.03. The van der Waals surface area contributed by atoms with Crippen LogP contribution in [-0.4, -0.2) is 45.4 Å². The molecule has 168 valence electrons. The zero-order valence-corrected chi connectivity index (χ0v) is 18.0. The first kappa shape index (κ1) is 21.8. The average molecular weight is 430 g/mol. The molecule has 1 unspecified atom stereocenters. The lowest BCUT2D eigenvalue weighted by Gasteiger charge is -2.27. The summed E-state index contributed by atoms with van der Waals surface area (Å²) in [6.07, 6.45) is 6.52. The van der Waals surface area contributed by atoms with E-state index < -0.39 is 11.9 Å². The summed E-state index contributed by atoms with van der Waals surface area (Å²) in [6.45, 7) is 0.931. The Balaban J connectivity index is 1.45. The number of imide groups is 1. The summed E-state index contributed by atoms with van der Waals surface area (Å²) >= 11 is 0. The van der Waals surface area contributed by atoms with Gasteiger partial charge in [-0.3, -0.25) is 24.0 Å². The van der Waals surface area contributed by atoms with Gasteiger partial charge in [0.05, 0.1) is 17.1 Å². The fourth-order valence-corrected chi connectivity index (χ4v) is 4.94. The molecule has 2 aliphatic rings. The van der Waals surface area contributed by atoms with E-state index in [2.05, 4.69) is 5.32 Å². The summed E-state index contributed by atoms with van der Waals surface area (Å²) in [4.78, 5) is 36.8. The van der Waals surface area contributed by atoms with Crippen LogP contribution < -0.4 is 11.0 Å². The Morgan fingerprint density at radius 3 is 2.61 bits per heavy atom. The topological polar surface area (TPSA) is 103 Å². The van der Waals surface area contributed by atoms with E-state index in [4.69, 9.17) is 4.74 Å². The maximum Gasteiger partial charge on any atom is 0.329 e. The Hall–Kier alpha value is -2.45. The number of nitrogens with zero attached hydrogens (tertiary/aromatic N) is 2. The van der Waals surface area contributed by atoms with Crippen molar-refractivity contribution in [3.8, 4) is 0 Å². The van der Waals surface area contributed by atoms with E-state index in [-0.39, 0.29) is 30.7 Å². The number of hydrogen-bond acceptors (Lipinski definition) is 5. The second-order valence-electron chi connectivity index (χ2n) is 8.76. The van der Waals surface area contributed by atoms with E-state index in [1.807, 2.05) is 18.2 Å². The lowest BCUT2D eigenvalue weighted by Crippen LogP contribution is -2.44. The molecule has 2 N–H and O–H groups in total. The van der Waals surface area contributed by atoms with Gasteiger partial charge in [0.1, 0.15) is 6.04 Å². The third kappa shape index (κ3) is 4.45. The monoisotopic (exact) mass is 429 g/mol. The number of carbonyl (C=O) groups excluding carboxylic acids is 2. The Kier molecular flexibility index (Phi) is 6.57. The highest BCUT2D eigenvalue weighted by Crippen LogP contribution is 2.27. The van der Waals surface area contributed by atoms with Crippen molar-refractivity contribution in [1.82, 2.24) is 14.5 Å². The Labute approximate surface area is 181 Å². The maximum atomic E-state index is 13.0. The van der Waals surface area contributed by atoms with Gasteiger partial charge in [-0.1, -0.05) is 12.1 Å². The molecule has 2 amide bonds. The van der Waals surface area contributed by atoms with Crippen molar-refractivity contribution >= 4 is 22.8 Å². The van der Waals surface area contributed by atoms with E-state index >= 15 is 0 Å². The fraction of sp³-hybridized carbons (Fsp3) is 0.609. The molecule has 1 saturated heterocycles. The highest BCUT2D eigenvalue weighted by Gasteiger charge is 2.31. The van der Waals surface area contributed by atoms with Crippen LogP contribution >= 0.6 is 0 Å². The third-order valence-electron chi connectivity index (χ3n) is 6.70. The third-order valence-corrected chi connectivity index (χ3v) is 6.70. The number of nitrogens with one attached hydrogen (secondary N) is 1. The standard InChI is InChI=1S/C23H31N3O5/c1-25-21-16(5-3-13-31-17-9-7-15(14-27)8-10-17)4-2-6-18(21)26(23(25)30)19-11-12-20(28)24-22(19)29/h2,4,6,15,17,19,27H,3,5,7-14H2,1H3,(H,24,28,29)/t15-,17-,19?. The molecule has 2 fully saturated rings. The quantitative estimate of drug-likeness (QED) is 0.516. The van der Waals surface area contributed by atoms with Crippen LogP contribution in [0.1, 0.15) is 56.6 Å². The number of fused-ring (bicyclic) bond motifs is 1. The molecule has 4 rings (SSSR count). The minimum Gasteiger partial charge on any atom is -0.396 e. The first-order valence-corrected chi connectivity index (χ1v) is 11.2. The number of amides is 2. The van der Waals surface area contributed by atoms with Gasteiger partial charge in [-0.2, -0.15) is 0 Å². The fourth-order valence-electron chi connectivity index (χ4n) is 4.94. The smallest absolute Gasteiger partial charge is 0.329 e. The van der Waals surface area contributed by atoms with E-state index in [1.165, 1.54) is 4.57 Å². The van der Waals surface area contributed by atoms with Gasteiger partial charge < -0.3 is 9.84 Å². The molecule has 2 aromatic rings. The van der Waals surface area contributed by atoms with Crippen molar-refractivity contribution in [3.63, 3.8) is 0 Å². The van der Waals surface area contributed by atoms with E-state index in [1.54, 1.807) is 11.6 Å². The Morgan fingerprint density at radius 1 is 1.13 bits per heavy atom. The molecule has 0 bridgehead atoms. The molecular formula is C23H31N3O5. The molecule has 31 heavy (non-hydrogen) atoms. The van der Waals surface area contributed by atoms with E-state index in [0.717, 1.165) is 55.1 Å². The van der Waals surface area contributed by atoms with Crippen LogP contribution in [-0.2, 0) is 27.8 Å². The molecule has 1 aromatic heterocycles. The first-order chi connectivity index (χ1) is 15.0. The molecule has 2 heterocycles. The van der Waals surface area contributed by atoms with Crippen LogP contribution in [0.2, 0.25) is 0 Å². The van der Waals surface area contributed by atoms with Gasteiger partial charge in [0.2, 0.25) is 11.8 Å². The largest absolute Gasteiger partial charge is 0.396 e. The van der Waals surface area contributed by atoms with Crippen LogP contribution in [0.3, 0.4) is 0 Å². The number of para-hydroxylation sites is 1. The molecule has 1 aromatic carbocycles.